The molecule has 0 aliphatic rings. The summed E-state index contributed by atoms with van der Waals surface area (Å²) in [6, 6.07) is 13.4. The molecule has 0 fully saturated rings. The number of esters is 1. The quantitative estimate of drug-likeness (QED) is 0.621. The summed E-state index contributed by atoms with van der Waals surface area (Å²) < 4.78 is 10.5. The molecule has 2 aromatic carbocycles. The van der Waals surface area contributed by atoms with E-state index in [1.54, 1.807) is 13.2 Å². The fraction of sp³-hybridized carbons (Fsp3) is 0.188. The molecule has 3 heteroatoms. The summed E-state index contributed by atoms with van der Waals surface area (Å²) in [5.41, 5.74) is 3.09. The van der Waals surface area contributed by atoms with Crippen LogP contribution in [0.5, 0.6) is 11.5 Å². The van der Waals surface area contributed by atoms with Crippen molar-refractivity contribution >= 4 is 5.97 Å². The summed E-state index contributed by atoms with van der Waals surface area (Å²) in [4.78, 5) is 11.0. The lowest BCUT2D eigenvalue weighted by Crippen LogP contribution is -2.01. The number of ether oxygens (including phenoxy) is 2. The van der Waals surface area contributed by atoms with Crippen molar-refractivity contribution in [3.05, 3.63) is 48.0 Å². The highest BCUT2D eigenvalue weighted by Gasteiger charge is 2.07. The van der Waals surface area contributed by atoms with Crippen LogP contribution in [-0.4, -0.2) is 13.1 Å². The van der Waals surface area contributed by atoms with Crippen molar-refractivity contribution in [1.29, 1.82) is 0 Å². The number of benzene rings is 2. The Morgan fingerprint density at radius 3 is 2.58 bits per heavy atom. The first kappa shape index (κ1) is 13.1. The first-order chi connectivity index (χ1) is 9.10. The molecular weight excluding hydrogens is 240 g/mol. The standard InChI is InChI=1S/C16H16O3/c1-11-7-8-16(18-3)15(9-11)13-5-4-6-14(10-13)19-12(2)17/h4-10H,1-3H3. The van der Waals surface area contributed by atoms with Gasteiger partial charge in [0.15, 0.2) is 0 Å². The minimum Gasteiger partial charge on any atom is -0.496 e. The minimum absolute atomic E-state index is 0.326. The van der Waals surface area contributed by atoms with Crippen molar-refractivity contribution in [2.75, 3.05) is 7.11 Å². The maximum atomic E-state index is 11.0. The van der Waals surface area contributed by atoms with E-state index in [0.29, 0.717) is 5.75 Å². The molecule has 0 amide bonds. The van der Waals surface area contributed by atoms with Crippen molar-refractivity contribution in [2.24, 2.45) is 0 Å². The predicted octanol–water partition coefficient (Wildman–Crippen LogP) is 3.60. The van der Waals surface area contributed by atoms with Crippen molar-refractivity contribution in [3.63, 3.8) is 0 Å². The third-order valence-corrected chi connectivity index (χ3v) is 2.76. The summed E-state index contributed by atoms with van der Waals surface area (Å²) in [5, 5.41) is 0. The first-order valence-corrected chi connectivity index (χ1v) is 6.03. The lowest BCUT2D eigenvalue weighted by molar-refractivity contribution is -0.131. The third kappa shape index (κ3) is 3.13. The molecular formula is C16H16O3. The normalized spacial score (nSPS) is 10.1. The van der Waals surface area contributed by atoms with Gasteiger partial charge in [-0.1, -0.05) is 23.8 Å². The topological polar surface area (TPSA) is 35.5 Å². The fourth-order valence-electron chi connectivity index (χ4n) is 1.94. The molecule has 0 atom stereocenters. The Morgan fingerprint density at radius 1 is 1.11 bits per heavy atom. The fourth-order valence-corrected chi connectivity index (χ4v) is 1.94. The van der Waals surface area contributed by atoms with Crippen LogP contribution in [0.15, 0.2) is 42.5 Å². The van der Waals surface area contributed by atoms with Crippen LogP contribution in [0.1, 0.15) is 12.5 Å². The molecule has 0 spiro atoms. The number of hydrogen-bond donors (Lipinski definition) is 0. The summed E-state index contributed by atoms with van der Waals surface area (Å²) in [5.74, 6) is 1.01. The van der Waals surface area contributed by atoms with E-state index < -0.39 is 0 Å². The highest BCUT2D eigenvalue weighted by atomic mass is 16.5. The number of hydrogen-bond acceptors (Lipinski definition) is 3. The van der Waals surface area contributed by atoms with Crippen LogP contribution < -0.4 is 9.47 Å². The second-order valence-electron chi connectivity index (χ2n) is 4.33. The number of rotatable bonds is 3. The van der Waals surface area contributed by atoms with E-state index in [2.05, 4.69) is 0 Å². The van der Waals surface area contributed by atoms with Crippen LogP contribution in [0.2, 0.25) is 0 Å². The molecule has 3 nitrogen and oxygen atoms in total. The lowest BCUT2D eigenvalue weighted by atomic mass is 10.0. The monoisotopic (exact) mass is 256 g/mol. The molecule has 2 rings (SSSR count). The van der Waals surface area contributed by atoms with Gasteiger partial charge >= 0.3 is 5.97 Å². The zero-order valence-corrected chi connectivity index (χ0v) is 11.3. The van der Waals surface area contributed by atoms with E-state index >= 15 is 0 Å². The molecule has 0 aliphatic heterocycles. The average molecular weight is 256 g/mol. The van der Waals surface area contributed by atoms with Gasteiger partial charge in [0.1, 0.15) is 11.5 Å². The maximum Gasteiger partial charge on any atom is 0.308 e. The van der Waals surface area contributed by atoms with Crippen molar-refractivity contribution < 1.29 is 14.3 Å². The molecule has 0 saturated carbocycles. The van der Waals surface area contributed by atoms with E-state index in [9.17, 15) is 4.79 Å². The summed E-state index contributed by atoms with van der Waals surface area (Å²) in [7, 11) is 1.64. The SMILES string of the molecule is COc1ccc(C)cc1-c1cccc(OC(C)=O)c1. The second kappa shape index (κ2) is 5.57. The molecule has 0 radical (unpaired) electrons. The largest absolute Gasteiger partial charge is 0.496 e. The van der Waals surface area contributed by atoms with E-state index in [1.165, 1.54) is 6.92 Å². The van der Waals surface area contributed by atoms with E-state index in [0.717, 1.165) is 22.4 Å². The maximum absolute atomic E-state index is 11.0. The molecule has 0 aromatic heterocycles. The lowest BCUT2D eigenvalue weighted by Gasteiger charge is -2.10. The Kier molecular flexibility index (Phi) is 3.85. The van der Waals surface area contributed by atoms with Crippen LogP contribution in [0, 0.1) is 6.92 Å². The van der Waals surface area contributed by atoms with Gasteiger partial charge < -0.3 is 9.47 Å². The highest BCUT2D eigenvalue weighted by molar-refractivity contribution is 5.74. The van der Waals surface area contributed by atoms with Gasteiger partial charge in [-0.25, -0.2) is 0 Å². The smallest absolute Gasteiger partial charge is 0.308 e. The van der Waals surface area contributed by atoms with Crippen molar-refractivity contribution in [2.45, 2.75) is 13.8 Å². The van der Waals surface area contributed by atoms with E-state index in [-0.39, 0.29) is 5.97 Å². The number of carbonyl (C=O) groups is 1. The predicted molar refractivity (Wildman–Crippen MR) is 74.5 cm³/mol. The molecule has 0 N–H and O–H groups in total. The van der Waals surface area contributed by atoms with Gasteiger partial charge in [0.2, 0.25) is 0 Å². The Labute approximate surface area is 112 Å². The van der Waals surface area contributed by atoms with Crippen molar-refractivity contribution in [1.82, 2.24) is 0 Å². The molecule has 98 valence electrons. The Balaban J connectivity index is 2.46. The molecule has 0 unspecified atom stereocenters. The van der Waals surface area contributed by atoms with Gasteiger partial charge in [0.05, 0.1) is 7.11 Å². The molecule has 0 aliphatic carbocycles. The molecule has 2 aromatic rings. The molecule has 19 heavy (non-hydrogen) atoms. The Bertz CT molecular complexity index is 603. The molecule has 0 saturated heterocycles. The summed E-state index contributed by atoms with van der Waals surface area (Å²) >= 11 is 0. The zero-order chi connectivity index (χ0) is 13.8. The van der Waals surface area contributed by atoms with Crippen LogP contribution in [0.25, 0.3) is 11.1 Å². The van der Waals surface area contributed by atoms with Crippen molar-refractivity contribution in [3.8, 4) is 22.6 Å². The highest BCUT2D eigenvalue weighted by Crippen LogP contribution is 2.32. The number of carbonyl (C=O) groups excluding carboxylic acids is 1. The van der Waals surface area contributed by atoms with Gasteiger partial charge in [-0.3, -0.25) is 4.79 Å². The van der Waals surface area contributed by atoms with Gasteiger partial charge in [-0.15, -0.1) is 0 Å². The summed E-state index contributed by atoms with van der Waals surface area (Å²) in [6.07, 6.45) is 0. The minimum atomic E-state index is -0.326. The van der Waals surface area contributed by atoms with Crippen LogP contribution in [-0.2, 0) is 4.79 Å². The Morgan fingerprint density at radius 2 is 1.89 bits per heavy atom. The van der Waals surface area contributed by atoms with Crippen LogP contribution >= 0.6 is 0 Å². The number of methoxy groups -OCH3 is 1. The van der Waals surface area contributed by atoms with E-state index in [4.69, 9.17) is 9.47 Å². The van der Waals surface area contributed by atoms with Crippen LogP contribution in [0.3, 0.4) is 0 Å². The number of aryl methyl sites for hydroxylation is 1. The van der Waals surface area contributed by atoms with Crippen LogP contribution in [0.4, 0.5) is 0 Å². The summed E-state index contributed by atoms with van der Waals surface area (Å²) in [6.45, 7) is 3.42. The third-order valence-electron chi connectivity index (χ3n) is 2.76. The first-order valence-electron chi connectivity index (χ1n) is 6.03. The van der Waals surface area contributed by atoms with Gasteiger partial charge in [-0.05, 0) is 36.8 Å². The molecule has 0 heterocycles. The van der Waals surface area contributed by atoms with Gasteiger partial charge in [-0.2, -0.15) is 0 Å². The zero-order valence-electron chi connectivity index (χ0n) is 11.3. The Hall–Kier alpha value is -2.29. The average Bonchev–Trinajstić information content (AvgIpc) is 2.38. The van der Waals surface area contributed by atoms with E-state index in [1.807, 2.05) is 43.3 Å². The second-order valence-corrected chi connectivity index (χ2v) is 4.33. The van der Waals surface area contributed by atoms with Gasteiger partial charge in [0.25, 0.3) is 0 Å². The molecule has 0 bridgehead atoms. The van der Waals surface area contributed by atoms with Gasteiger partial charge in [0, 0.05) is 12.5 Å².